The van der Waals surface area contributed by atoms with E-state index in [1.54, 1.807) is 6.20 Å². The van der Waals surface area contributed by atoms with Crippen LogP contribution in [0.5, 0.6) is 0 Å². The van der Waals surface area contributed by atoms with Crippen molar-refractivity contribution < 1.29 is 18.3 Å². The number of likely N-dealkylation sites (tertiary alicyclic amines) is 1. The second-order valence-corrected chi connectivity index (χ2v) is 10.8. The minimum absolute atomic E-state index is 0.179. The quantitative estimate of drug-likeness (QED) is 0.394. The van der Waals surface area contributed by atoms with Gasteiger partial charge in [-0.25, -0.2) is 4.98 Å². The third kappa shape index (κ3) is 6.44. The Labute approximate surface area is 215 Å². The average molecular weight is 516 g/mol. The molecule has 200 valence electrons. The average Bonchev–Trinajstić information content (AvgIpc) is 3.24. The molecule has 37 heavy (non-hydrogen) atoms. The van der Waals surface area contributed by atoms with E-state index in [4.69, 9.17) is 0 Å². The smallest absolute Gasteiger partial charge is 0.390 e. The molecule has 5 rings (SSSR count). The molecule has 1 saturated heterocycles. The van der Waals surface area contributed by atoms with E-state index >= 15 is 0 Å². The molecule has 2 N–H and O–H groups in total. The van der Waals surface area contributed by atoms with E-state index in [9.17, 15) is 18.3 Å². The zero-order valence-electron chi connectivity index (χ0n) is 21.3. The first kappa shape index (κ1) is 26.0. The Morgan fingerprint density at radius 1 is 1.03 bits per heavy atom. The third-order valence-electron chi connectivity index (χ3n) is 7.87. The van der Waals surface area contributed by atoms with Crippen LogP contribution in [0.15, 0.2) is 36.7 Å². The molecule has 0 atom stereocenters. The molecule has 2 fully saturated rings. The molecule has 6 nitrogen and oxygen atoms in total. The van der Waals surface area contributed by atoms with Crippen molar-refractivity contribution in [2.24, 2.45) is 5.92 Å². The van der Waals surface area contributed by atoms with E-state index < -0.39 is 12.6 Å². The number of hydrogen-bond acceptors (Lipinski definition) is 5. The summed E-state index contributed by atoms with van der Waals surface area (Å²) in [6.45, 7) is 5.29. The summed E-state index contributed by atoms with van der Waals surface area (Å²) < 4.78 is 40.0. The Morgan fingerprint density at radius 3 is 2.41 bits per heavy atom. The highest BCUT2D eigenvalue weighted by atomic mass is 19.4. The van der Waals surface area contributed by atoms with E-state index in [0.29, 0.717) is 5.65 Å². The van der Waals surface area contributed by atoms with Crippen LogP contribution in [0.2, 0.25) is 0 Å². The Morgan fingerprint density at radius 2 is 1.73 bits per heavy atom. The van der Waals surface area contributed by atoms with Gasteiger partial charge < -0.3 is 15.0 Å². The Balaban J connectivity index is 1.40. The van der Waals surface area contributed by atoms with Gasteiger partial charge in [0, 0.05) is 42.5 Å². The normalized spacial score (nSPS) is 22.0. The van der Waals surface area contributed by atoms with Gasteiger partial charge in [-0.1, -0.05) is 31.2 Å². The summed E-state index contributed by atoms with van der Waals surface area (Å²) in [6, 6.07) is 8.82. The topological polar surface area (TPSA) is 66.2 Å². The van der Waals surface area contributed by atoms with Gasteiger partial charge in [-0.15, -0.1) is 0 Å². The molecule has 9 heteroatoms. The van der Waals surface area contributed by atoms with Gasteiger partial charge in [-0.05, 0) is 68.7 Å². The van der Waals surface area contributed by atoms with E-state index in [-0.39, 0.29) is 24.6 Å². The number of rotatable bonds is 7. The molecule has 0 amide bonds. The lowest BCUT2D eigenvalue weighted by Gasteiger charge is -2.30. The molecular formula is C28H36F3N5O. The van der Waals surface area contributed by atoms with Crippen LogP contribution in [0.4, 0.5) is 19.1 Å². The van der Waals surface area contributed by atoms with E-state index in [0.717, 1.165) is 67.7 Å². The number of aliphatic hydroxyl groups excluding tert-OH is 1. The van der Waals surface area contributed by atoms with Crippen LogP contribution >= 0.6 is 0 Å². The van der Waals surface area contributed by atoms with Crippen LogP contribution in [0.25, 0.3) is 22.2 Å². The van der Waals surface area contributed by atoms with Crippen molar-refractivity contribution in [2.75, 3.05) is 25.0 Å². The first-order valence-corrected chi connectivity index (χ1v) is 13.4. The van der Waals surface area contributed by atoms with Crippen molar-refractivity contribution in [3.05, 3.63) is 42.2 Å². The number of aromatic nitrogens is 3. The van der Waals surface area contributed by atoms with E-state index in [1.165, 1.54) is 18.4 Å². The summed E-state index contributed by atoms with van der Waals surface area (Å²) in [5.41, 5.74) is 4.08. The zero-order chi connectivity index (χ0) is 26.0. The fourth-order valence-corrected chi connectivity index (χ4v) is 5.54. The van der Waals surface area contributed by atoms with Crippen LogP contribution < -0.4 is 5.32 Å². The standard InChI is InChI=1S/C28H36F3N5O/c1-19-10-14-35(15-11-19)17-20-2-4-21(5-3-20)25-18-36(22-6-8-23(37)9-7-22)26-24(25)16-33-27(34-26)32-13-12-28(29,30)31/h2-5,16,18-19,22-23,37H,6-15,17H2,1H3,(H,32,33,34)/t22-,23-. The number of anilines is 1. The van der Waals surface area contributed by atoms with Crippen LogP contribution in [0.1, 0.15) is 63.5 Å². The van der Waals surface area contributed by atoms with E-state index in [1.807, 2.05) is 0 Å². The predicted molar refractivity (Wildman–Crippen MR) is 139 cm³/mol. The highest BCUT2D eigenvalue weighted by Gasteiger charge is 2.27. The maximum atomic E-state index is 12.6. The number of nitrogens with one attached hydrogen (secondary N) is 1. The predicted octanol–water partition coefficient (Wildman–Crippen LogP) is 6.17. The molecule has 3 aromatic rings. The molecule has 1 saturated carbocycles. The summed E-state index contributed by atoms with van der Waals surface area (Å²) in [4.78, 5) is 11.5. The summed E-state index contributed by atoms with van der Waals surface area (Å²) in [5.74, 6) is 1.01. The largest absolute Gasteiger partial charge is 0.393 e. The molecule has 0 unspecified atom stereocenters. The second kappa shape index (κ2) is 11.0. The molecule has 3 heterocycles. The fraction of sp³-hybridized carbons (Fsp3) is 0.571. The first-order valence-electron chi connectivity index (χ1n) is 13.4. The van der Waals surface area contributed by atoms with Crippen molar-refractivity contribution in [3.63, 3.8) is 0 Å². The number of piperidine rings is 1. The number of benzene rings is 1. The molecule has 0 bridgehead atoms. The van der Waals surface area contributed by atoms with E-state index in [2.05, 4.69) is 62.1 Å². The lowest BCUT2D eigenvalue weighted by molar-refractivity contribution is -0.131. The molecule has 2 aliphatic rings. The maximum Gasteiger partial charge on any atom is 0.390 e. The highest BCUT2D eigenvalue weighted by molar-refractivity contribution is 5.94. The monoisotopic (exact) mass is 515 g/mol. The number of halogens is 3. The van der Waals surface area contributed by atoms with Gasteiger partial charge >= 0.3 is 6.18 Å². The van der Waals surface area contributed by atoms with Crippen LogP contribution in [-0.4, -0.2) is 56.5 Å². The van der Waals surface area contributed by atoms with Gasteiger partial charge in [-0.2, -0.15) is 18.2 Å². The summed E-state index contributed by atoms with van der Waals surface area (Å²) in [7, 11) is 0. The third-order valence-corrected chi connectivity index (χ3v) is 7.87. The van der Waals surface area contributed by atoms with Gasteiger partial charge in [0.25, 0.3) is 0 Å². The van der Waals surface area contributed by atoms with Crippen molar-refractivity contribution in [1.82, 2.24) is 19.4 Å². The summed E-state index contributed by atoms with van der Waals surface area (Å²) in [5, 5.41) is 13.6. The highest BCUT2D eigenvalue weighted by Crippen LogP contribution is 2.37. The van der Waals surface area contributed by atoms with Crippen molar-refractivity contribution >= 4 is 17.0 Å². The maximum absolute atomic E-state index is 12.6. The van der Waals surface area contributed by atoms with Gasteiger partial charge in [0.15, 0.2) is 0 Å². The summed E-state index contributed by atoms with van der Waals surface area (Å²) in [6.07, 6.45) is 3.99. The minimum atomic E-state index is -4.23. The molecule has 0 spiro atoms. The van der Waals surface area contributed by atoms with Crippen LogP contribution in [0, 0.1) is 5.92 Å². The minimum Gasteiger partial charge on any atom is -0.393 e. The number of fused-ring (bicyclic) bond motifs is 1. The SMILES string of the molecule is CC1CCN(Cc2ccc(-c3cn([C@H]4CC[C@H](O)CC4)c4nc(NCCC(F)(F)F)ncc34)cc2)CC1. The summed E-state index contributed by atoms with van der Waals surface area (Å²) >= 11 is 0. The Kier molecular flexibility index (Phi) is 7.72. The second-order valence-electron chi connectivity index (χ2n) is 10.8. The number of alkyl halides is 3. The molecule has 1 aliphatic heterocycles. The van der Waals surface area contributed by atoms with Gasteiger partial charge in [0.2, 0.25) is 5.95 Å². The van der Waals surface area contributed by atoms with Gasteiger partial charge in [-0.3, -0.25) is 4.90 Å². The number of hydrogen-bond donors (Lipinski definition) is 2. The number of aliphatic hydroxyl groups is 1. The lowest BCUT2D eigenvalue weighted by Crippen LogP contribution is -2.32. The lowest BCUT2D eigenvalue weighted by atomic mass is 9.93. The molecule has 1 aromatic carbocycles. The van der Waals surface area contributed by atoms with Crippen molar-refractivity contribution in [2.45, 2.75) is 76.7 Å². The van der Waals surface area contributed by atoms with Crippen LogP contribution in [-0.2, 0) is 6.54 Å². The fourth-order valence-electron chi connectivity index (χ4n) is 5.54. The Bertz CT molecular complexity index is 1180. The van der Waals surface area contributed by atoms with Gasteiger partial charge in [0.1, 0.15) is 5.65 Å². The van der Waals surface area contributed by atoms with Crippen LogP contribution in [0.3, 0.4) is 0 Å². The van der Waals surface area contributed by atoms with Crippen molar-refractivity contribution in [1.29, 1.82) is 0 Å². The molecule has 0 radical (unpaired) electrons. The molecular weight excluding hydrogens is 479 g/mol. The molecule has 1 aliphatic carbocycles. The van der Waals surface area contributed by atoms with Gasteiger partial charge in [0.05, 0.1) is 12.5 Å². The molecule has 2 aromatic heterocycles. The van der Waals surface area contributed by atoms with Crippen molar-refractivity contribution in [3.8, 4) is 11.1 Å². The zero-order valence-corrected chi connectivity index (χ0v) is 21.3. The number of nitrogens with zero attached hydrogens (tertiary/aromatic N) is 4. The first-order chi connectivity index (χ1) is 17.7. The Hall–Kier alpha value is -2.65.